The summed E-state index contributed by atoms with van der Waals surface area (Å²) in [5.41, 5.74) is 4.92. The van der Waals surface area contributed by atoms with Crippen molar-refractivity contribution in [3.05, 3.63) is 66.5 Å². The van der Waals surface area contributed by atoms with Crippen molar-refractivity contribution in [3.8, 4) is 11.1 Å². The van der Waals surface area contributed by atoms with E-state index in [1.807, 2.05) is 24.3 Å². The van der Waals surface area contributed by atoms with Gasteiger partial charge in [-0.3, -0.25) is 9.89 Å². The number of amides is 1. The number of H-pyrrole nitrogens is 1. The van der Waals surface area contributed by atoms with Gasteiger partial charge in [-0.05, 0) is 74.5 Å². The lowest BCUT2D eigenvalue weighted by Crippen LogP contribution is -2.51. The Balaban J connectivity index is 0.00000274. The first kappa shape index (κ1) is 24.3. The number of carbonyl (C=O) groups excluding carboxylic acids is 1. The van der Waals surface area contributed by atoms with E-state index >= 15 is 0 Å². The van der Waals surface area contributed by atoms with E-state index in [0.717, 1.165) is 61.4 Å². The number of anilines is 2. The highest BCUT2D eigenvalue weighted by molar-refractivity contribution is 6.01. The van der Waals surface area contributed by atoms with Gasteiger partial charge in [-0.15, -0.1) is 12.4 Å². The van der Waals surface area contributed by atoms with Gasteiger partial charge in [0.1, 0.15) is 0 Å². The van der Waals surface area contributed by atoms with Gasteiger partial charge in [-0.2, -0.15) is 5.10 Å². The van der Waals surface area contributed by atoms with Crippen LogP contribution >= 0.6 is 12.4 Å². The Hall–Kier alpha value is -2.83. The molecule has 0 unspecified atom stereocenters. The van der Waals surface area contributed by atoms with Gasteiger partial charge in [0.15, 0.2) is 0 Å². The Bertz CT molecular complexity index is 1070. The van der Waals surface area contributed by atoms with Crippen molar-refractivity contribution in [1.29, 1.82) is 0 Å². The molecule has 0 bridgehead atoms. The van der Waals surface area contributed by atoms with Crippen LogP contribution in [0, 0.1) is 0 Å². The molecular weight excluding hydrogens is 446 g/mol. The molecule has 1 aromatic heterocycles. The first-order valence-corrected chi connectivity index (χ1v) is 12.1. The fourth-order valence-corrected chi connectivity index (χ4v) is 5.36. The number of aromatic nitrogens is 2. The smallest absolute Gasteiger partial charge is 0.237 e. The molecule has 0 radical (unpaired) electrons. The summed E-state index contributed by atoms with van der Waals surface area (Å²) in [6.45, 7) is 3.88. The van der Waals surface area contributed by atoms with Gasteiger partial charge in [-0.25, -0.2) is 0 Å². The van der Waals surface area contributed by atoms with Crippen molar-refractivity contribution < 1.29 is 4.79 Å². The molecule has 1 amide bonds. The standard InChI is InChI=1S/C27H33N5O.ClH/c1-31(24-6-5-7-25(18-24)32-16-3-2-4-17-32)26(33)27(12-14-28-15-13-27)23-10-8-21(9-11-23)22-19-29-30-20-22;/h5-11,18-20,28H,2-4,12-17H2,1H3,(H,29,30);1H. The molecule has 0 atom stereocenters. The number of carbonyl (C=O) groups is 1. The Morgan fingerprint density at radius 1 is 1.00 bits per heavy atom. The second kappa shape index (κ2) is 10.6. The Morgan fingerprint density at radius 2 is 1.74 bits per heavy atom. The summed E-state index contributed by atoms with van der Waals surface area (Å²) in [7, 11) is 1.93. The molecule has 0 saturated carbocycles. The maximum Gasteiger partial charge on any atom is 0.237 e. The van der Waals surface area contributed by atoms with Gasteiger partial charge in [0.05, 0.1) is 11.6 Å². The highest BCUT2D eigenvalue weighted by atomic mass is 35.5. The molecule has 2 fully saturated rings. The maximum absolute atomic E-state index is 14.1. The fourth-order valence-electron chi connectivity index (χ4n) is 5.36. The highest BCUT2D eigenvalue weighted by Crippen LogP contribution is 2.38. The van der Waals surface area contributed by atoms with Gasteiger partial charge >= 0.3 is 0 Å². The topological polar surface area (TPSA) is 64.3 Å². The SMILES string of the molecule is CN(C(=O)C1(c2ccc(-c3cn[nH]c3)cc2)CCNCC1)c1cccc(N2CCCCC2)c1.Cl. The summed E-state index contributed by atoms with van der Waals surface area (Å²) in [4.78, 5) is 18.4. The van der Waals surface area contributed by atoms with Gasteiger partial charge in [0.2, 0.25) is 5.91 Å². The summed E-state index contributed by atoms with van der Waals surface area (Å²) < 4.78 is 0. The molecule has 34 heavy (non-hydrogen) atoms. The quantitative estimate of drug-likeness (QED) is 0.553. The minimum absolute atomic E-state index is 0. The van der Waals surface area contributed by atoms with Crippen LogP contribution in [-0.2, 0) is 10.2 Å². The van der Waals surface area contributed by atoms with Crippen molar-refractivity contribution in [3.63, 3.8) is 0 Å². The number of nitrogens with zero attached hydrogens (tertiary/aromatic N) is 3. The van der Waals surface area contributed by atoms with E-state index in [4.69, 9.17) is 0 Å². The molecule has 3 aromatic rings. The van der Waals surface area contributed by atoms with Crippen molar-refractivity contribution in [2.75, 3.05) is 43.0 Å². The largest absolute Gasteiger partial charge is 0.371 e. The van der Waals surface area contributed by atoms with E-state index in [1.54, 1.807) is 0 Å². The number of nitrogens with one attached hydrogen (secondary N) is 2. The molecule has 2 aliphatic heterocycles. The van der Waals surface area contributed by atoms with Gasteiger partial charge in [0.25, 0.3) is 0 Å². The highest BCUT2D eigenvalue weighted by Gasteiger charge is 2.43. The van der Waals surface area contributed by atoms with Crippen molar-refractivity contribution in [2.24, 2.45) is 0 Å². The predicted octanol–water partition coefficient (Wildman–Crippen LogP) is 4.77. The molecule has 5 rings (SSSR count). The number of benzene rings is 2. The average molecular weight is 480 g/mol. The Kier molecular flexibility index (Phi) is 7.59. The third kappa shape index (κ3) is 4.70. The number of rotatable bonds is 5. The summed E-state index contributed by atoms with van der Waals surface area (Å²) in [6.07, 6.45) is 9.10. The molecule has 7 heteroatoms. The fraction of sp³-hybridized carbons (Fsp3) is 0.407. The Labute approximate surface area is 208 Å². The molecule has 180 valence electrons. The lowest BCUT2D eigenvalue weighted by Gasteiger charge is -2.40. The Morgan fingerprint density at radius 3 is 2.41 bits per heavy atom. The van der Waals surface area contributed by atoms with E-state index in [0.29, 0.717) is 0 Å². The van der Waals surface area contributed by atoms with Crippen molar-refractivity contribution in [1.82, 2.24) is 15.5 Å². The number of aromatic amines is 1. The third-order valence-electron chi connectivity index (χ3n) is 7.38. The second-order valence-electron chi connectivity index (χ2n) is 9.33. The zero-order valence-corrected chi connectivity index (χ0v) is 20.6. The number of piperidine rings is 2. The summed E-state index contributed by atoms with van der Waals surface area (Å²) in [5, 5.41) is 10.4. The molecule has 2 aromatic carbocycles. The monoisotopic (exact) mass is 479 g/mol. The van der Waals surface area contributed by atoms with Gasteiger partial charge < -0.3 is 15.1 Å². The van der Waals surface area contributed by atoms with Gasteiger partial charge in [0, 0.05) is 43.3 Å². The lowest BCUT2D eigenvalue weighted by molar-refractivity contribution is -0.124. The molecule has 0 aliphatic carbocycles. The van der Waals surface area contributed by atoms with E-state index < -0.39 is 5.41 Å². The van der Waals surface area contributed by atoms with Crippen LogP contribution in [0.3, 0.4) is 0 Å². The molecule has 3 heterocycles. The summed E-state index contributed by atoms with van der Waals surface area (Å²) in [5.74, 6) is 0.177. The molecule has 2 aliphatic rings. The van der Waals surface area contributed by atoms with E-state index in [1.165, 1.54) is 24.9 Å². The molecule has 2 N–H and O–H groups in total. The average Bonchev–Trinajstić information content (AvgIpc) is 3.44. The van der Waals surface area contributed by atoms with Crippen LogP contribution in [0.4, 0.5) is 11.4 Å². The molecule has 6 nitrogen and oxygen atoms in total. The van der Waals surface area contributed by atoms with Crippen LogP contribution in [0.5, 0.6) is 0 Å². The number of hydrogen-bond acceptors (Lipinski definition) is 4. The number of hydrogen-bond donors (Lipinski definition) is 2. The van der Waals surface area contributed by atoms with Crippen LogP contribution < -0.4 is 15.1 Å². The first-order chi connectivity index (χ1) is 16.2. The van der Waals surface area contributed by atoms with Gasteiger partial charge in [-0.1, -0.05) is 30.3 Å². The minimum Gasteiger partial charge on any atom is -0.371 e. The zero-order chi connectivity index (χ0) is 22.7. The van der Waals surface area contributed by atoms with Crippen LogP contribution in [0.15, 0.2) is 60.9 Å². The zero-order valence-electron chi connectivity index (χ0n) is 19.8. The predicted molar refractivity (Wildman–Crippen MR) is 141 cm³/mol. The van der Waals surface area contributed by atoms with E-state index in [9.17, 15) is 4.79 Å². The summed E-state index contributed by atoms with van der Waals surface area (Å²) >= 11 is 0. The van der Waals surface area contributed by atoms with Crippen LogP contribution in [0.1, 0.15) is 37.7 Å². The van der Waals surface area contributed by atoms with Crippen LogP contribution in [0.25, 0.3) is 11.1 Å². The minimum atomic E-state index is -0.518. The number of halogens is 1. The van der Waals surface area contributed by atoms with Crippen LogP contribution in [-0.4, -0.2) is 49.3 Å². The number of likely N-dealkylation sites (N-methyl/N-ethyl adjacent to an activating group) is 1. The van der Waals surface area contributed by atoms with Crippen molar-refractivity contribution >= 4 is 29.7 Å². The van der Waals surface area contributed by atoms with E-state index in [-0.39, 0.29) is 18.3 Å². The summed E-state index contributed by atoms with van der Waals surface area (Å²) in [6, 6.07) is 17.0. The third-order valence-corrected chi connectivity index (χ3v) is 7.38. The molecule has 0 spiro atoms. The van der Waals surface area contributed by atoms with Crippen LogP contribution in [0.2, 0.25) is 0 Å². The molecule has 2 saturated heterocycles. The lowest BCUT2D eigenvalue weighted by atomic mass is 9.71. The normalized spacial score (nSPS) is 17.6. The first-order valence-electron chi connectivity index (χ1n) is 12.1. The maximum atomic E-state index is 14.1. The second-order valence-corrected chi connectivity index (χ2v) is 9.33. The van der Waals surface area contributed by atoms with Crippen molar-refractivity contribution in [2.45, 2.75) is 37.5 Å². The molecular formula is C27H34ClN5O. The van der Waals surface area contributed by atoms with E-state index in [2.05, 4.69) is 68.9 Å².